The van der Waals surface area contributed by atoms with Crippen molar-refractivity contribution >= 4 is 29.6 Å². The van der Waals surface area contributed by atoms with Crippen molar-refractivity contribution in [2.75, 3.05) is 19.1 Å². The first-order valence-corrected chi connectivity index (χ1v) is 7.90. The molecule has 3 rings (SSSR count). The minimum atomic E-state index is -0.420. The number of nitrogens with zero attached hydrogens (tertiary/aromatic N) is 1. The zero-order chi connectivity index (χ0) is 16.8. The number of anilines is 3. The summed E-state index contributed by atoms with van der Waals surface area (Å²) in [6.45, 7) is 0. The van der Waals surface area contributed by atoms with Crippen molar-refractivity contribution in [3.05, 3.63) is 84.9 Å². The Morgan fingerprint density at radius 1 is 0.625 bits per heavy atom. The fourth-order valence-corrected chi connectivity index (χ4v) is 2.82. The van der Waals surface area contributed by atoms with Gasteiger partial charge in [0.25, 0.3) is 0 Å². The van der Waals surface area contributed by atoms with Gasteiger partial charge < -0.3 is 14.2 Å². The van der Waals surface area contributed by atoms with Crippen LogP contribution < -0.4 is 10.4 Å². The third-order valence-electron chi connectivity index (χ3n) is 3.89. The average molecular weight is 317 g/mol. The summed E-state index contributed by atoms with van der Waals surface area (Å²) >= 11 is 0. The van der Waals surface area contributed by atoms with Gasteiger partial charge in [-0.3, -0.25) is 0 Å². The SMILES string of the molecule is COB(OC)c1ccccc1N(c1ccccc1)c1ccccc1. The Labute approximate surface area is 143 Å². The van der Waals surface area contributed by atoms with Crippen LogP contribution in [0.15, 0.2) is 84.9 Å². The van der Waals surface area contributed by atoms with Gasteiger partial charge in [-0.05, 0) is 30.3 Å². The van der Waals surface area contributed by atoms with Gasteiger partial charge in [0.2, 0.25) is 0 Å². The summed E-state index contributed by atoms with van der Waals surface area (Å²) in [7, 11) is 2.89. The molecule has 3 aromatic carbocycles. The molecule has 0 N–H and O–H groups in total. The van der Waals surface area contributed by atoms with Crippen molar-refractivity contribution in [1.29, 1.82) is 0 Å². The van der Waals surface area contributed by atoms with Crippen LogP contribution in [0.4, 0.5) is 17.1 Å². The van der Waals surface area contributed by atoms with Gasteiger partial charge in [-0.2, -0.15) is 0 Å². The zero-order valence-electron chi connectivity index (χ0n) is 13.9. The first-order valence-electron chi connectivity index (χ1n) is 7.90. The lowest BCUT2D eigenvalue weighted by molar-refractivity contribution is 0.292. The van der Waals surface area contributed by atoms with E-state index in [0.717, 1.165) is 22.5 Å². The molecule has 3 aromatic rings. The predicted molar refractivity (Wildman–Crippen MR) is 101 cm³/mol. The summed E-state index contributed by atoms with van der Waals surface area (Å²) in [4.78, 5) is 2.21. The summed E-state index contributed by atoms with van der Waals surface area (Å²) < 4.78 is 11.0. The molecular weight excluding hydrogens is 297 g/mol. The van der Waals surface area contributed by atoms with Gasteiger partial charge in [0.1, 0.15) is 0 Å². The van der Waals surface area contributed by atoms with E-state index in [9.17, 15) is 0 Å². The zero-order valence-corrected chi connectivity index (χ0v) is 13.9. The molecule has 0 unspecified atom stereocenters. The average Bonchev–Trinajstić information content (AvgIpc) is 2.66. The molecule has 0 saturated heterocycles. The van der Waals surface area contributed by atoms with Crippen LogP contribution in [0.2, 0.25) is 0 Å². The molecule has 0 radical (unpaired) electrons. The molecule has 0 atom stereocenters. The number of benzene rings is 3. The lowest BCUT2D eigenvalue weighted by Crippen LogP contribution is -2.37. The molecule has 0 aliphatic carbocycles. The van der Waals surface area contributed by atoms with Crippen molar-refractivity contribution in [1.82, 2.24) is 0 Å². The molecule has 0 bridgehead atoms. The van der Waals surface area contributed by atoms with Crippen molar-refractivity contribution in [3.63, 3.8) is 0 Å². The molecule has 120 valence electrons. The molecule has 3 nitrogen and oxygen atoms in total. The smallest absolute Gasteiger partial charge is 0.410 e. The first-order chi connectivity index (χ1) is 11.8. The van der Waals surface area contributed by atoms with Gasteiger partial charge in [0.05, 0.1) is 0 Å². The summed E-state index contributed by atoms with van der Waals surface area (Å²) in [6.07, 6.45) is 0. The van der Waals surface area contributed by atoms with Crippen LogP contribution >= 0.6 is 0 Å². The highest BCUT2D eigenvalue weighted by Crippen LogP contribution is 2.33. The van der Waals surface area contributed by atoms with Crippen LogP contribution in [-0.2, 0) is 9.31 Å². The fourth-order valence-electron chi connectivity index (χ4n) is 2.82. The topological polar surface area (TPSA) is 21.7 Å². The van der Waals surface area contributed by atoms with Crippen molar-refractivity contribution < 1.29 is 9.31 Å². The third-order valence-corrected chi connectivity index (χ3v) is 3.89. The van der Waals surface area contributed by atoms with E-state index < -0.39 is 7.12 Å². The van der Waals surface area contributed by atoms with E-state index in [1.165, 1.54) is 0 Å². The number of rotatable bonds is 6. The molecule has 4 heteroatoms. The number of hydrogen-bond donors (Lipinski definition) is 0. The second-order valence-corrected chi connectivity index (χ2v) is 5.37. The van der Waals surface area contributed by atoms with Crippen LogP contribution in [0.1, 0.15) is 0 Å². The van der Waals surface area contributed by atoms with Crippen LogP contribution in [0.5, 0.6) is 0 Å². The van der Waals surface area contributed by atoms with Crippen LogP contribution in [0.25, 0.3) is 0 Å². The van der Waals surface area contributed by atoms with Crippen LogP contribution in [-0.4, -0.2) is 21.3 Å². The van der Waals surface area contributed by atoms with E-state index in [2.05, 4.69) is 35.2 Å². The molecule has 0 heterocycles. The molecule has 0 aliphatic rings. The lowest BCUT2D eigenvalue weighted by atomic mass is 9.77. The molecule has 24 heavy (non-hydrogen) atoms. The van der Waals surface area contributed by atoms with Crippen LogP contribution in [0.3, 0.4) is 0 Å². The molecule has 0 saturated carbocycles. The Bertz CT molecular complexity index is 721. The minimum Gasteiger partial charge on any atom is -0.410 e. The van der Waals surface area contributed by atoms with Crippen molar-refractivity contribution in [2.24, 2.45) is 0 Å². The maximum Gasteiger partial charge on any atom is 0.495 e. The van der Waals surface area contributed by atoms with Crippen molar-refractivity contribution in [3.8, 4) is 0 Å². The summed E-state index contributed by atoms with van der Waals surface area (Å²) in [5.74, 6) is 0. The van der Waals surface area contributed by atoms with Crippen molar-refractivity contribution in [2.45, 2.75) is 0 Å². The molecular formula is C20H20BNO2. The first kappa shape index (κ1) is 16.3. The highest BCUT2D eigenvalue weighted by atomic mass is 16.6. The van der Waals surface area contributed by atoms with E-state index >= 15 is 0 Å². The van der Waals surface area contributed by atoms with Gasteiger partial charge in [-0.1, -0.05) is 54.6 Å². The Balaban J connectivity index is 2.17. The highest BCUT2D eigenvalue weighted by Gasteiger charge is 2.25. The standard InChI is InChI=1S/C20H20BNO2/c1-23-21(24-2)19-15-9-10-16-20(19)22(17-11-5-3-6-12-17)18-13-7-4-8-14-18/h3-16H,1-2H3. The normalized spacial score (nSPS) is 10.4. The summed E-state index contributed by atoms with van der Waals surface area (Å²) in [6, 6.07) is 28.7. The number of para-hydroxylation sites is 3. The Hall–Kier alpha value is -2.56. The van der Waals surface area contributed by atoms with Gasteiger partial charge in [0, 0.05) is 36.7 Å². The molecule has 0 spiro atoms. The lowest BCUT2D eigenvalue weighted by Gasteiger charge is -2.28. The fraction of sp³-hybridized carbons (Fsp3) is 0.100. The Morgan fingerprint density at radius 2 is 1.08 bits per heavy atom. The van der Waals surface area contributed by atoms with Gasteiger partial charge in [0.15, 0.2) is 0 Å². The molecule has 0 fully saturated rings. The van der Waals surface area contributed by atoms with E-state index in [1.807, 2.05) is 54.6 Å². The number of hydrogen-bond acceptors (Lipinski definition) is 3. The maximum atomic E-state index is 5.50. The Kier molecular flexibility index (Phi) is 5.31. The Morgan fingerprint density at radius 3 is 1.58 bits per heavy atom. The summed E-state index contributed by atoms with van der Waals surface area (Å²) in [5.41, 5.74) is 4.18. The summed E-state index contributed by atoms with van der Waals surface area (Å²) in [5, 5.41) is 0. The van der Waals surface area contributed by atoms with E-state index in [1.54, 1.807) is 14.2 Å². The quantitative estimate of drug-likeness (QED) is 0.638. The second-order valence-electron chi connectivity index (χ2n) is 5.37. The molecule has 0 amide bonds. The minimum absolute atomic E-state index is 0.420. The van der Waals surface area contributed by atoms with Crippen LogP contribution in [0, 0.1) is 0 Å². The maximum absolute atomic E-state index is 5.50. The molecule has 0 aromatic heterocycles. The second kappa shape index (κ2) is 7.82. The predicted octanol–water partition coefficient (Wildman–Crippen LogP) is 4.14. The van der Waals surface area contributed by atoms with E-state index in [0.29, 0.717) is 0 Å². The van der Waals surface area contributed by atoms with Gasteiger partial charge in [-0.15, -0.1) is 0 Å². The van der Waals surface area contributed by atoms with E-state index in [4.69, 9.17) is 9.31 Å². The monoisotopic (exact) mass is 317 g/mol. The highest BCUT2D eigenvalue weighted by molar-refractivity contribution is 6.63. The third kappa shape index (κ3) is 3.35. The van der Waals surface area contributed by atoms with Gasteiger partial charge in [-0.25, -0.2) is 0 Å². The largest absolute Gasteiger partial charge is 0.495 e. The molecule has 0 aliphatic heterocycles. The van der Waals surface area contributed by atoms with E-state index in [-0.39, 0.29) is 0 Å². The van der Waals surface area contributed by atoms with Gasteiger partial charge >= 0.3 is 7.12 Å².